The number of hydrogen-bond acceptors (Lipinski definition) is 5. The Hall–Kier alpha value is -1.64. The van der Waals surface area contributed by atoms with E-state index in [1.165, 1.54) is 0 Å². The molecule has 1 fully saturated rings. The van der Waals surface area contributed by atoms with E-state index >= 15 is 0 Å². The fourth-order valence-corrected chi connectivity index (χ4v) is 2.40. The van der Waals surface area contributed by atoms with Crippen LogP contribution in [0.5, 0.6) is 0 Å². The maximum Gasteiger partial charge on any atom is 0.130 e. The smallest absolute Gasteiger partial charge is 0.130 e. The molecule has 5 heteroatoms. The Morgan fingerprint density at radius 2 is 2.50 bits per heavy atom. The monoisotopic (exact) mass is 246 g/mol. The maximum atomic E-state index is 8.92. The molecule has 0 saturated carbocycles. The lowest BCUT2D eigenvalue weighted by Crippen LogP contribution is -2.49. The van der Waals surface area contributed by atoms with Crippen LogP contribution in [-0.2, 0) is 4.74 Å². The molecule has 1 aromatic heterocycles. The number of pyridine rings is 1. The minimum atomic E-state index is 0.227. The third-order valence-corrected chi connectivity index (χ3v) is 3.44. The van der Waals surface area contributed by atoms with Crippen molar-refractivity contribution in [3.05, 3.63) is 23.9 Å². The van der Waals surface area contributed by atoms with Crippen molar-refractivity contribution >= 4 is 5.82 Å². The summed E-state index contributed by atoms with van der Waals surface area (Å²) in [7, 11) is 1.74. The number of piperidine rings is 1. The molecule has 0 bridgehead atoms. The van der Waals surface area contributed by atoms with Gasteiger partial charge in [0.05, 0.1) is 17.7 Å². The van der Waals surface area contributed by atoms with Crippen molar-refractivity contribution in [2.45, 2.75) is 25.0 Å². The molecular formula is C13H18N4O. The molecule has 2 heterocycles. The van der Waals surface area contributed by atoms with Gasteiger partial charge >= 0.3 is 0 Å². The van der Waals surface area contributed by atoms with Crippen LogP contribution in [-0.4, -0.2) is 37.3 Å². The molecule has 0 aromatic carbocycles. The molecule has 1 aliphatic rings. The van der Waals surface area contributed by atoms with Gasteiger partial charge in [0.25, 0.3) is 0 Å². The van der Waals surface area contributed by atoms with Crippen LogP contribution < -0.4 is 10.6 Å². The predicted octanol–water partition coefficient (Wildman–Crippen LogP) is 0.896. The maximum absolute atomic E-state index is 8.92. The topological polar surface area (TPSA) is 75.2 Å². The second kappa shape index (κ2) is 5.80. The van der Waals surface area contributed by atoms with Crippen molar-refractivity contribution < 1.29 is 4.74 Å². The second-order valence-electron chi connectivity index (χ2n) is 4.48. The minimum Gasteiger partial charge on any atom is -0.381 e. The highest BCUT2D eigenvalue weighted by atomic mass is 16.5. The molecule has 0 aliphatic carbocycles. The van der Waals surface area contributed by atoms with E-state index in [1.807, 2.05) is 6.07 Å². The van der Waals surface area contributed by atoms with Crippen LogP contribution in [0.1, 0.15) is 18.4 Å². The zero-order chi connectivity index (χ0) is 13.0. The van der Waals surface area contributed by atoms with Crippen LogP contribution in [0.2, 0.25) is 0 Å². The molecule has 2 N–H and O–H groups in total. The van der Waals surface area contributed by atoms with Crippen LogP contribution in [0.3, 0.4) is 0 Å². The largest absolute Gasteiger partial charge is 0.381 e. The first-order valence-corrected chi connectivity index (χ1v) is 6.14. The van der Waals surface area contributed by atoms with Crippen LogP contribution in [0.25, 0.3) is 0 Å². The van der Waals surface area contributed by atoms with Gasteiger partial charge in [0.15, 0.2) is 0 Å². The van der Waals surface area contributed by atoms with Crippen LogP contribution in [0, 0.1) is 11.3 Å². The van der Waals surface area contributed by atoms with Crippen LogP contribution in [0.4, 0.5) is 5.82 Å². The van der Waals surface area contributed by atoms with E-state index in [9.17, 15) is 0 Å². The first-order valence-electron chi connectivity index (χ1n) is 6.14. The van der Waals surface area contributed by atoms with Gasteiger partial charge in [0.2, 0.25) is 0 Å². The Labute approximate surface area is 107 Å². The summed E-state index contributed by atoms with van der Waals surface area (Å²) in [5.41, 5.74) is 6.46. The van der Waals surface area contributed by atoms with Gasteiger partial charge in [0.1, 0.15) is 5.82 Å². The third-order valence-electron chi connectivity index (χ3n) is 3.44. The zero-order valence-electron chi connectivity index (χ0n) is 10.5. The Morgan fingerprint density at radius 3 is 3.17 bits per heavy atom. The number of methoxy groups -OCH3 is 1. The molecule has 18 heavy (non-hydrogen) atoms. The molecule has 0 amide bonds. The van der Waals surface area contributed by atoms with E-state index < -0.39 is 0 Å². The molecule has 5 nitrogen and oxygen atoms in total. The van der Waals surface area contributed by atoms with Gasteiger partial charge in [-0.05, 0) is 25.0 Å². The average Bonchev–Trinajstić information content (AvgIpc) is 2.46. The summed E-state index contributed by atoms with van der Waals surface area (Å²) in [4.78, 5) is 6.52. The highest BCUT2D eigenvalue weighted by molar-refractivity contribution is 5.46. The number of ether oxygens (including phenoxy) is 1. The van der Waals surface area contributed by atoms with Gasteiger partial charge in [-0.1, -0.05) is 0 Å². The van der Waals surface area contributed by atoms with E-state index in [4.69, 9.17) is 15.7 Å². The summed E-state index contributed by atoms with van der Waals surface area (Å²) in [5.74, 6) is 0.832. The third kappa shape index (κ3) is 2.61. The fraction of sp³-hybridized carbons (Fsp3) is 0.538. The summed E-state index contributed by atoms with van der Waals surface area (Å²) >= 11 is 0. The number of rotatable bonds is 3. The molecule has 96 valence electrons. The van der Waals surface area contributed by atoms with E-state index in [2.05, 4.69) is 16.0 Å². The first kappa shape index (κ1) is 12.8. The van der Waals surface area contributed by atoms with E-state index in [1.54, 1.807) is 19.4 Å². The summed E-state index contributed by atoms with van der Waals surface area (Å²) in [6.45, 7) is 1.43. The SMILES string of the molecule is COC1CCN(c2cc(C#N)ccn2)C(CN)C1. The van der Waals surface area contributed by atoms with Gasteiger partial charge in [-0.15, -0.1) is 0 Å². The van der Waals surface area contributed by atoms with Crippen molar-refractivity contribution in [2.24, 2.45) is 5.73 Å². The molecular weight excluding hydrogens is 228 g/mol. The van der Waals surface area contributed by atoms with Crippen molar-refractivity contribution in [1.29, 1.82) is 5.26 Å². The van der Waals surface area contributed by atoms with Gasteiger partial charge in [-0.2, -0.15) is 5.26 Å². The molecule has 2 unspecified atom stereocenters. The standard InChI is InChI=1S/C13H18N4O/c1-18-12-3-5-17(11(7-12)9-15)13-6-10(8-14)2-4-16-13/h2,4,6,11-12H,3,5,7,9,15H2,1H3. The lowest BCUT2D eigenvalue weighted by Gasteiger charge is -2.39. The number of aromatic nitrogens is 1. The van der Waals surface area contributed by atoms with Crippen molar-refractivity contribution in [3.63, 3.8) is 0 Å². The number of hydrogen-bond donors (Lipinski definition) is 1. The zero-order valence-corrected chi connectivity index (χ0v) is 10.5. The molecule has 1 saturated heterocycles. The number of nitrogens with zero attached hydrogens (tertiary/aromatic N) is 3. The van der Waals surface area contributed by atoms with Gasteiger partial charge < -0.3 is 15.4 Å². The number of nitrogens with two attached hydrogens (primary N) is 1. The van der Waals surface area contributed by atoms with E-state index in [0.717, 1.165) is 25.2 Å². The highest BCUT2D eigenvalue weighted by Gasteiger charge is 2.28. The fourth-order valence-electron chi connectivity index (χ4n) is 2.40. The van der Waals surface area contributed by atoms with Crippen molar-refractivity contribution in [3.8, 4) is 6.07 Å². The summed E-state index contributed by atoms with van der Waals surface area (Å²) in [6, 6.07) is 5.89. The second-order valence-corrected chi connectivity index (χ2v) is 4.48. The summed E-state index contributed by atoms with van der Waals surface area (Å²) in [6.07, 6.45) is 3.81. The van der Waals surface area contributed by atoms with Crippen molar-refractivity contribution in [1.82, 2.24) is 4.98 Å². The Kier molecular flexibility index (Phi) is 4.13. The van der Waals surface area contributed by atoms with Crippen LogP contribution >= 0.6 is 0 Å². The quantitative estimate of drug-likeness (QED) is 0.857. The van der Waals surface area contributed by atoms with Crippen LogP contribution in [0.15, 0.2) is 18.3 Å². The molecule has 2 atom stereocenters. The Balaban J connectivity index is 2.18. The Bertz CT molecular complexity index is 443. The molecule has 1 aliphatic heterocycles. The lowest BCUT2D eigenvalue weighted by atomic mass is 9.99. The molecule has 0 spiro atoms. The van der Waals surface area contributed by atoms with Gasteiger partial charge in [-0.25, -0.2) is 4.98 Å². The van der Waals surface area contributed by atoms with Crippen molar-refractivity contribution in [2.75, 3.05) is 25.1 Å². The predicted molar refractivity (Wildman–Crippen MR) is 69.2 cm³/mol. The molecule has 0 radical (unpaired) electrons. The highest BCUT2D eigenvalue weighted by Crippen LogP contribution is 2.24. The molecule has 1 aromatic rings. The van der Waals surface area contributed by atoms with E-state index in [-0.39, 0.29) is 12.1 Å². The van der Waals surface area contributed by atoms with Gasteiger partial charge in [0, 0.05) is 32.4 Å². The average molecular weight is 246 g/mol. The van der Waals surface area contributed by atoms with Gasteiger partial charge in [-0.3, -0.25) is 0 Å². The summed E-state index contributed by atoms with van der Waals surface area (Å²) in [5, 5.41) is 8.92. The normalized spacial score (nSPS) is 23.7. The van der Waals surface area contributed by atoms with E-state index in [0.29, 0.717) is 12.1 Å². The molecule has 2 rings (SSSR count). The first-order chi connectivity index (χ1) is 8.78. The summed E-state index contributed by atoms with van der Waals surface area (Å²) < 4.78 is 5.40. The minimum absolute atomic E-state index is 0.227. The number of anilines is 1. The lowest BCUT2D eigenvalue weighted by molar-refractivity contribution is 0.0708. The Morgan fingerprint density at radius 1 is 1.67 bits per heavy atom. The number of nitriles is 1.